The van der Waals surface area contributed by atoms with Crippen LogP contribution in [0.2, 0.25) is 0 Å². The molecule has 0 radical (unpaired) electrons. The summed E-state index contributed by atoms with van der Waals surface area (Å²) in [5, 5.41) is 17.8. The molecule has 86 valence electrons. The standard InChI is InChI=1S/C9H16FN3O2/c10-7(6-13-5-4-11)2-1-3-8(12)9(14)15/h2,4,8,11,13H,1,3,5-6,12H2,(H,14,15). The van der Waals surface area contributed by atoms with Crippen molar-refractivity contribution in [2.24, 2.45) is 5.73 Å². The van der Waals surface area contributed by atoms with Crippen molar-refractivity contribution in [3.63, 3.8) is 0 Å². The van der Waals surface area contributed by atoms with Gasteiger partial charge in [0.2, 0.25) is 0 Å². The van der Waals surface area contributed by atoms with Crippen LogP contribution in [0.3, 0.4) is 0 Å². The fourth-order valence-corrected chi connectivity index (χ4v) is 0.879. The van der Waals surface area contributed by atoms with E-state index in [4.69, 9.17) is 16.2 Å². The van der Waals surface area contributed by atoms with Gasteiger partial charge in [0.25, 0.3) is 0 Å². The summed E-state index contributed by atoms with van der Waals surface area (Å²) in [6, 6.07) is -0.941. The molecule has 0 aromatic carbocycles. The number of halogens is 1. The molecule has 0 fully saturated rings. The first-order valence-corrected chi connectivity index (χ1v) is 4.60. The first-order valence-electron chi connectivity index (χ1n) is 4.60. The summed E-state index contributed by atoms with van der Waals surface area (Å²) in [5.74, 6) is -1.44. The molecule has 15 heavy (non-hydrogen) atoms. The number of carbonyl (C=O) groups is 1. The van der Waals surface area contributed by atoms with Crippen LogP contribution in [0, 0.1) is 5.41 Å². The van der Waals surface area contributed by atoms with Gasteiger partial charge in [-0.15, -0.1) is 0 Å². The molecule has 0 saturated carbocycles. The summed E-state index contributed by atoms with van der Waals surface area (Å²) >= 11 is 0. The maximum absolute atomic E-state index is 12.9. The number of hydrogen-bond donors (Lipinski definition) is 4. The molecule has 0 aliphatic rings. The Hall–Kier alpha value is -1.27. The van der Waals surface area contributed by atoms with Crippen LogP contribution in [0.4, 0.5) is 4.39 Å². The van der Waals surface area contributed by atoms with Gasteiger partial charge in [-0.1, -0.05) is 6.08 Å². The zero-order valence-electron chi connectivity index (χ0n) is 8.37. The van der Waals surface area contributed by atoms with Crippen LogP contribution in [0.5, 0.6) is 0 Å². The van der Waals surface area contributed by atoms with Gasteiger partial charge >= 0.3 is 5.97 Å². The molecule has 1 unspecified atom stereocenters. The van der Waals surface area contributed by atoms with E-state index in [1.807, 2.05) is 0 Å². The number of carboxylic acids is 1. The molecule has 6 heteroatoms. The smallest absolute Gasteiger partial charge is 0.320 e. The van der Waals surface area contributed by atoms with E-state index in [1.165, 1.54) is 6.08 Å². The van der Waals surface area contributed by atoms with Crippen molar-refractivity contribution in [3.05, 3.63) is 11.9 Å². The van der Waals surface area contributed by atoms with Gasteiger partial charge < -0.3 is 21.6 Å². The molecular weight excluding hydrogens is 201 g/mol. The molecule has 0 bridgehead atoms. The summed E-state index contributed by atoms with van der Waals surface area (Å²) in [6.45, 7) is 0.369. The third kappa shape index (κ3) is 7.77. The number of nitrogens with one attached hydrogen (secondary N) is 2. The second-order valence-corrected chi connectivity index (χ2v) is 3.01. The zero-order chi connectivity index (χ0) is 11.7. The summed E-state index contributed by atoms with van der Waals surface area (Å²) in [6.07, 6.45) is 2.95. The summed E-state index contributed by atoms with van der Waals surface area (Å²) < 4.78 is 12.9. The van der Waals surface area contributed by atoms with E-state index in [-0.39, 0.29) is 18.8 Å². The molecule has 0 heterocycles. The van der Waals surface area contributed by atoms with Gasteiger partial charge in [0.1, 0.15) is 11.9 Å². The quantitative estimate of drug-likeness (QED) is 0.346. The van der Waals surface area contributed by atoms with E-state index in [1.54, 1.807) is 0 Å². The number of aliphatic carboxylic acids is 1. The van der Waals surface area contributed by atoms with Crippen molar-refractivity contribution in [2.75, 3.05) is 13.1 Å². The predicted octanol–water partition coefficient (Wildman–Crippen LogP) is 0.271. The fraction of sp³-hybridized carbons (Fsp3) is 0.556. The minimum Gasteiger partial charge on any atom is -0.480 e. The molecule has 0 saturated heterocycles. The van der Waals surface area contributed by atoms with Crippen LogP contribution >= 0.6 is 0 Å². The first-order chi connectivity index (χ1) is 7.07. The van der Waals surface area contributed by atoms with Crippen molar-refractivity contribution in [2.45, 2.75) is 18.9 Å². The average Bonchev–Trinajstić information content (AvgIpc) is 2.18. The summed E-state index contributed by atoms with van der Waals surface area (Å²) in [4.78, 5) is 10.3. The van der Waals surface area contributed by atoms with Gasteiger partial charge in [-0.3, -0.25) is 4.79 Å². The van der Waals surface area contributed by atoms with Gasteiger partial charge in [-0.2, -0.15) is 0 Å². The SMILES string of the molecule is N=CCNCC(F)=CCCC(N)C(=O)O. The van der Waals surface area contributed by atoms with Crippen molar-refractivity contribution < 1.29 is 14.3 Å². The van der Waals surface area contributed by atoms with Crippen LogP contribution in [0.25, 0.3) is 0 Å². The lowest BCUT2D eigenvalue weighted by Gasteiger charge is -2.03. The highest BCUT2D eigenvalue weighted by Crippen LogP contribution is 2.01. The van der Waals surface area contributed by atoms with Crippen molar-refractivity contribution in [3.8, 4) is 0 Å². The van der Waals surface area contributed by atoms with Gasteiger partial charge in [0.15, 0.2) is 0 Å². The van der Waals surface area contributed by atoms with E-state index < -0.39 is 12.0 Å². The normalized spacial score (nSPS) is 13.6. The van der Waals surface area contributed by atoms with Crippen molar-refractivity contribution in [1.29, 1.82) is 5.41 Å². The van der Waals surface area contributed by atoms with Gasteiger partial charge in [-0.25, -0.2) is 4.39 Å². The molecule has 0 amide bonds. The van der Waals surface area contributed by atoms with Gasteiger partial charge in [-0.05, 0) is 12.8 Å². The third-order valence-corrected chi connectivity index (χ3v) is 1.70. The van der Waals surface area contributed by atoms with Crippen LogP contribution in [-0.2, 0) is 4.79 Å². The monoisotopic (exact) mass is 217 g/mol. The lowest BCUT2D eigenvalue weighted by molar-refractivity contribution is -0.138. The number of rotatable bonds is 8. The number of nitrogens with two attached hydrogens (primary N) is 1. The Morgan fingerprint density at radius 2 is 2.33 bits per heavy atom. The largest absolute Gasteiger partial charge is 0.480 e. The van der Waals surface area contributed by atoms with E-state index in [0.717, 1.165) is 6.21 Å². The average molecular weight is 217 g/mol. The lowest BCUT2D eigenvalue weighted by atomic mass is 10.1. The summed E-state index contributed by atoms with van der Waals surface area (Å²) in [5.41, 5.74) is 5.23. The Morgan fingerprint density at radius 1 is 1.67 bits per heavy atom. The molecule has 0 rings (SSSR count). The molecule has 0 aromatic rings. The Balaban J connectivity index is 3.66. The molecule has 0 aromatic heterocycles. The molecule has 5 nitrogen and oxygen atoms in total. The third-order valence-electron chi connectivity index (χ3n) is 1.70. The Kier molecular flexibility index (Phi) is 7.39. The van der Waals surface area contributed by atoms with E-state index in [2.05, 4.69) is 5.32 Å². The topological polar surface area (TPSA) is 99.2 Å². The van der Waals surface area contributed by atoms with Crippen LogP contribution in [0.1, 0.15) is 12.8 Å². The van der Waals surface area contributed by atoms with E-state index in [0.29, 0.717) is 13.0 Å². The van der Waals surface area contributed by atoms with Crippen molar-refractivity contribution >= 4 is 12.2 Å². The van der Waals surface area contributed by atoms with Crippen LogP contribution in [-0.4, -0.2) is 36.4 Å². The van der Waals surface area contributed by atoms with Gasteiger partial charge in [0.05, 0.1) is 0 Å². The highest BCUT2D eigenvalue weighted by molar-refractivity contribution is 5.72. The maximum Gasteiger partial charge on any atom is 0.320 e. The number of allylic oxidation sites excluding steroid dienone is 1. The van der Waals surface area contributed by atoms with E-state index in [9.17, 15) is 9.18 Å². The molecular formula is C9H16FN3O2. The molecule has 1 atom stereocenters. The number of hydrogen-bond acceptors (Lipinski definition) is 4. The number of carboxylic acid groups (broad SMARTS) is 1. The van der Waals surface area contributed by atoms with E-state index >= 15 is 0 Å². The second kappa shape index (κ2) is 8.07. The first kappa shape index (κ1) is 13.7. The van der Waals surface area contributed by atoms with Crippen LogP contribution < -0.4 is 11.1 Å². The van der Waals surface area contributed by atoms with Crippen molar-refractivity contribution in [1.82, 2.24) is 5.32 Å². The molecule has 0 aliphatic heterocycles. The minimum absolute atomic E-state index is 0.0533. The fourth-order valence-electron chi connectivity index (χ4n) is 0.879. The second-order valence-electron chi connectivity index (χ2n) is 3.01. The highest BCUT2D eigenvalue weighted by atomic mass is 19.1. The van der Waals surface area contributed by atoms with Gasteiger partial charge in [0, 0.05) is 19.3 Å². The Morgan fingerprint density at radius 3 is 2.87 bits per heavy atom. The predicted molar refractivity (Wildman–Crippen MR) is 55.7 cm³/mol. The lowest BCUT2D eigenvalue weighted by Crippen LogP contribution is -2.29. The van der Waals surface area contributed by atoms with Crippen LogP contribution in [0.15, 0.2) is 11.9 Å². The molecule has 0 aliphatic carbocycles. The Labute approximate surface area is 87.7 Å². The molecule has 0 spiro atoms. The summed E-state index contributed by atoms with van der Waals surface area (Å²) in [7, 11) is 0. The zero-order valence-corrected chi connectivity index (χ0v) is 8.37. The maximum atomic E-state index is 12.9. The highest BCUT2D eigenvalue weighted by Gasteiger charge is 2.09. The minimum atomic E-state index is -1.08. The molecule has 5 N–H and O–H groups in total. The Bertz CT molecular complexity index is 244.